The van der Waals surface area contributed by atoms with Gasteiger partial charge in [-0.1, -0.05) is 30.3 Å². The average molecular weight is 394 g/mol. The number of urea groups is 1. The van der Waals surface area contributed by atoms with Crippen LogP contribution in [0.1, 0.15) is 34.5 Å². The smallest absolute Gasteiger partial charge is 0.416 e. The number of benzene rings is 2. The number of carbonyl (C=O) groups is 3. The van der Waals surface area contributed by atoms with Crippen molar-refractivity contribution >= 4 is 17.9 Å². The summed E-state index contributed by atoms with van der Waals surface area (Å²) in [5.41, 5.74) is -0.790. The molecule has 0 aliphatic rings. The maximum Gasteiger partial charge on any atom is 0.416 e. The maximum absolute atomic E-state index is 12.6. The summed E-state index contributed by atoms with van der Waals surface area (Å²) in [6.45, 7) is 1.93. The SMILES string of the molecule is CCNC(=O)NC(=O)[C@@H](OC(=O)c1ccc(C(F)(F)F)cc1)c1ccccc1. The highest BCUT2D eigenvalue weighted by Gasteiger charge is 2.31. The molecule has 0 spiro atoms. The van der Waals surface area contributed by atoms with Gasteiger partial charge in [0, 0.05) is 12.1 Å². The van der Waals surface area contributed by atoms with Crippen LogP contribution in [-0.4, -0.2) is 24.5 Å². The number of ether oxygens (including phenoxy) is 1. The van der Waals surface area contributed by atoms with Crippen molar-refractivity contribution in [2.24, 2.45) is 0 Å². The summed E-state index contributed by atoms with van der Waals surface area (Å²) in [7, 11) is 0. The molecule has 148 valence electrons. The molecule has 2 N–H and O–H groups in total. The van der Waals surface area contributed by atoms with Crippen molar-refractivity contribution in [1.82, 2.24) is 10.6 Å². The number of alkyl halides is 3. The van der Waals surface area contributed by atoms with Gasteiger partial charge in [-0.05, 0) is 31.2 Å². The first-order valence-corrected chi connectivity index (χ1v) is 8.24. The van der Waals surface area contributed by atoms with Crippen LogP contribution >= 0.6 is 0 Å². The largest absolute Gasteiger partial charge is 0.444 e. The van der Waals surface area contributed by atoms with Crippen LogP contribution in [0.4, 0.5) is 18.0 Å². The van der Waals surface area contributed by atoms with Crippen molar-refractivity contribution in [1.29, 1.82) is 0 Å². The van der Waals surface area contributed by atoms with Gasteiger partial charge in [-0.15, -0.1) is 0 Å². The Hall–Kier alpha value is -3.36. The van der Waals surface area contributed by atoms with Crippen molar-refractivity contribution in [3.8, 4) is 0 Å². The van der Waals surface area contributed by atoms with Gasteiger partial charge < -0.3 is 10.1 Å². The zero-order chi connectivity index (χ0) is 20.7. The maximum atomic E-state index is 12.6. The Bertz CT molecular complexity index is 837. The second-order valence-electron chi connectivity index (χ2n) is 5.62. The summed E-state index contributed by atoms with van der Waals surface area (Å²) >= 11 is 0. The molecule has 0 saturated carbocycles. The number of carbonyl (C=O) groups excluding carboxylic acids is 3. The van der Waals surface area contributed by atoms with E-state index in [1.165, 1.54) is 12.1 Å². The third kappa shape index (κ3) is 5.57. The van der Waals surface area contributed by atoms with E-state index >= 15 is 0 Å². The van der Waals surface area contributed by atoms with E-state index in [0.29, 0.717) is 5.56 Å². The lowest BCUT2D eigenvalue weighted by molar-refractivity contribution is -0.137. The van der Waals surface area contributed by atoms with Crippen LogP contribution in [0.3, 0.4) is 0 Å². The van der Waals surface area contributed by atoms with Crippen LogP contribution < -0.4 is 10.6 Å². The van der Waals surface area contributed by atoms with E-state index in [-0.39, 0.29) is 12.1 Å². The van der Waals surface area contributed by atoms with Gasteiger partial charge in [0.25, 0.3) is 5.91 Å². The van der Waals surface area contributed by atoms with Crippen molar-refractivity contribution in [3.05, 3.63) is 71.3 Å². The Balaban J connectivity index is 2.21. The molecule has 0 fully saturated rings. The van der Waals surface area contributed by atoms with Crippen molar-refractivity contribution in [2.75, 3.05) is 6.54 Å². The van der Waals surface area contributed by atoms with Gasteiger partial charge in [-0.25, -0.2) is 9.59 Å². The Kier molecular flexibility index (Phi) is 6.75. The zero-order valence-corrected chi connectivity index (χ0v) is 14.7. The van der Waals surface area contributed by atoms with Gasteiger partial charge in [0.2, 0.25) is 6.10 Å². The third-order valence-electron chi connectivity index (χ3n) is 3.59. The van der Waals surface area contributed by atoms with Crippen molar-refractivity contribution in [3.63, 3.8) is 0 Å². The van der Waals surface area contributed by atoms with Gasteiger partial charge in [0.05, 0.1) is 11.1 Å². The van der Waals surface area contributed by atoms with Crippen LogP contribution in [0.2, 0.25) is 0 Å². The first-order valence-electron chi connectivity index (χ1n) is 8.24. The lowest BCUT2D eigenvalue weighted by atomic mass is 10.1. The average Bonchev–Trinajstić information content (AvgIpc) is 2.66. The van der Waals surface area contributed by atoms with E-state index in [4.69, 9.17) is 4.74 Å². The fraction of sp³-hybridized carbons (Fsp3) is 0.211. The predicted molar refractivity (Wildman–Crippen MR) is 93.3 cm³/mol. The highest BCUT2D eigenvalue weighted by Crippen LogP contribution is 2.29. The minimum Gasteiger partial charge on any atom is -0.444 e. The number of rotatable bonds is 5. The Labute approximate surface area is 158 Å². The normalized spacial score (nSPS) is 12.0. The molecule has 1 atom stereocenters. The first-order chi connectivity index (χ1) is 13.2. The van der Waals surface area contributed by atoms with Crippen LogP contribution in [0.25, 0.3) is 0 Å². The molecule has 0 radical (unpaired) electrons. The highest BCUT2D eigenvalue weighted by molar-refractivity contribution is 5.99. The van der Waals surface area contributed by atoms with E-state index in [1.807, 2.05) is 0 Å². The van der Waals surface area contributed by atoms with Crippen LogP contribution in [0, 0.1) is 0 Å². The summed E-state index contributed by atoms with van der Waals surface area (Å²) in [4.78, 5) is 36.3. The number of hydrogen-bond donors (Lipinski definition) is 2. The van der Waals surface area contributed by atoms with Crippen LogP contribution in [-0.2, 0) is 15.7 Å². The number of amides is 3. The van der Waals surface area contributed by atoms with Crippen molar-refractivity contribution < 1.29 is 32.3 Å². The number of halogens is 3. The van der Waals surface area contributed by atoms with Crippen molar-refractivity contribution in [2.45, 2.75) is 19.2 Å². The third-order valence-corrected chi connectivity index (χ3v) is 3.59. The summed E-state index contributed by atoms with van der Waals surface area (Å²) < 4.78 is 43.1. The predicted octanol–water partition coefficient (Wildman–Crippen LogP) is 3.45. The number of hydrogen-bond acceptors (Lipinski definition) is 4. The Morgan fingerprint density at radius 2 is 1.61 bits per heavy atom. The second-order valence-corrected chi connectivity index (χ2v) is 5.62. The molecule has 0 bridgehead atoms. The minimum atomic E-state index is -4.54. The van der Waals surface area contributed by atoms with E-state index in [2.05, 4.69) is 10.6 Å². The minimum absolute atomic E-state index is 0.167. The molecular formula is C19H17F3N2O4. The molecule has 0 saturated heterocycles. The van der Waals surface area contributed by atoms with Crippen LogP contribution in [0.5, 0.6) is 0 Å². The van der Waals surface area contributed by atoms with E-state index in [0.717, 1.165) is 24.3 Å². The topological polar surface area (TPSA) is 84.5 Å². The molecule has 3 amide bonds. The molecule has 0 aliphatic carbocycles. The monoisotopic (exact) mass is 394 g/mol. The van der Waals surface area contributed by atoms with Crippen LogP contribution in [0.15, 0.2) is 54.6 Å². The number of imide groups is 1. The van der Waals surface area contributed by atoms with Gasteiger partial charge in [-0.3, -0.25) is 10.1 Å². The van der Waals surface area contributed by atoms with E-state index in [1.54, 1.807) is 25.1 Å². The quantitative estimate of drug-likeness (QED) is 0.761. The molecule has 0 heterocycles. The lowest BCUT2D eigenvalue weighted by Crippen LogP contribution is -2.42. The number of nitrogens with one attached hydrogen (secondary N) is 2. The second kappa shape index (κ2) is 9.03. The standard InChI is InChI=1S/C19H17F3N2O4/c1-2-23-18(27)24-16(25)15(12-6-4-3-5-7-12)28-17(26)13-8-10-14(11-9-13)19(20,21)22/h3-11,15H,2H2,1H3,(H2,23,24,25,27)/t15-/m0/s1. The number of esters is 1. The Morgan fingerprint density at radius 3 is 2.14 bits per heavy atom. The molecule has 2 aromatic carbocycles. The summed E-state index contributed by atoms with van der Waals surface area (Å²) in [6, 6.07) is 10.5. The molecule has 6 nitrogen and oxygen atoms in total. The van der Waals surface area contributed by atoms with Gasteiger partial charge in [0.15, 0.2) is 0 Å². The first kappa shape index (κ1) is 20.9. The molecule has 0 aliphatic heterocycles. The summed E-state index contributed by atoms with van der Waals surface area (Å²) in [5, 5.41) is 4.42. The van der Waals surface area contributed by atoms with Gasteiger partial charge in [-0.2, -0.15) is 13.2 Å². The summed E-state index contributed by atoms with van der Waals surface area (Å²) in [6.07, 6.45) is -6.00. The highest BCUT2D eigenvalue weighted by atomic mass is 19.4. The summed E-state index contributed by atoms with van der Waals surface area (Å²) in [5.74, 6) is -1.90. The molecule has 2 rings (SSSR count). The van der Waals surface area contributed by atoms with Gasteiger partial charge >= 0.3 is 18.2 Å². The van der Waals surface area contributed by atoms with E-state index in [9.17, 15) is 27.6 Å². The zero-order valence-electron chi connectivity index (χ0n) is 14.7. The van der Waals surface area contributed by atoms with E-state index < -0.39 is 35.8 Å². The lowest BCUT2D eigenvalue weighted by Gasteiger charge is -2.18. The molecule has 0 unspecified atom stereocenters. The molecular weight excluding hydrogens is 377 g/mol. The molecule has 0 aromatic heterocycles. The fourth-order valence-electron chi connectivity index (χ4n) is 2.25. The molecule has 2 aromatic rings. The Morgan fingerprint density at radius 1 is 1.00 bits per heavy atom. The molecule has 28 heavy (non-hydrogen) atoms. The van der Waals surface area contributed by atoms with Gasteiger partial charge in [0.1, 0.15) is 0 Å². The molecule has 9 heteroatoms. The fourth-order valence-corrected chi connectivity index (χ4v) is 2.25.